The van der Waals surface area contributed by atoms with Crippen LogP contribution in [0.3, 0.4) is 0 Å². The molecule has 1 aromatic carbocycles. The predicted octanol–water partition coefficient (Wildman–Crippen LogP) is 1.58. The Labute approximate surface area is 144 Å². The summed E-state index contributed by atoms with van der Waals surface area (Å²) in [5, 5.41) is 11.5. The number of halogens is 1. The van der Waals surface area contributed by atoms with Crippen molar-refractivity contribution in [2.45, 2.75) is 32.9 Å². The molecule has 0 radical (unpaired) electrons. The van der Waals surface area contributed by atoms with Gasteiger partial charge in [0.15, 0.2) is 5.82 Å². The number of aromatic nitrogens is 2. The summed E-state index contributed by atoms with van der Waals surface area (Å²) in [5.41, 5.74) is 0.750. The zero-order valence-corrected chi connectivity index (χ0v) is 14.0. The van der Waals surface area contributed by atoms with Gasteiger partial charge in [-0.1, -0.05) is 24.2 Å². The quantitative estimate of drug-likeness (QED) is 0.703. The molecule has 2 aromatic rings. The second-order valence-electron chi connectivity index (χ2n) is 5.36. The predicted molar refractivity (Wildman–Crippen MR) is 86.8 cm³/mol. The van der Waals surface area contributed by atoms with Crippen LogP contribution in [-0.2, 0) is 11.3 Å². The Morgan fingerprint density at radius 3 is 2.56 bits per heavy atom. The fraction of sp³-hybridized carbons (Fsp3) is 0.375. The summed E-state index contributed by atoms with van der Waals surface area (Å²) in [5.74, 6) is 0.105. The second kappa shape index (κ2) is 8.76. The van der Waals surface area contributed by atoms with Crippen molar-refractivity contribution in [3.05, 3.63) is 47.4 Å². The number of hydrogen-bond donors (Lipinski definition) is 3. The lowest BCUT2D eigenvalue weighted by Gasteiger charge is -2.13. The third kappa shape index (κ3) is 5.87. The van der Waals surface area contributed by atoms with Gasteiger partial charge in [0.2, 0.25) is 11.8 Å². The minimum absolute atomic E-state index is 0.192. The van der Waals surface area contributed by atoms with Gasteiger partial charge in [-0.25, -0.2) is 9.18 Å². The van der Waals surface area contributed by atoms with Crippen molar-refractivity contribution in [1.29, 1.82) is 0 Å². The van der Waals surface area contributed by atoms with E-state index in [1.807, 2.05) is 6.92 Å². The monoisotopic (exact) mass is 349 g/mol. The summed E-state index contributed by atoms with van der Waals surface area (Å²) >= 11 is 0. The van der Waals surface area contributed by atoms with Crippen molar-refractivity contribution >= 4 is 11.9 Å². The normalized spacial score (nSPS) is 11.6. The Kier molecular flexibility index (Phi) is 6.44. The third-order valence-electron chi connectivity index (χ3n) is 3.37. The van der Waals surface area contributed by atoms with Gasteiger partial charge in [0, 0.05) is 13.5 Å². The molecule has 0 unspecified atom stereocenters. The van der Waals surface area contributed by atoms with Crippen LogP contribution in [0.2, 0.25) is 0 Å². The van der Waals surface area contributed by atoms with Crippen molar-refractivity contribution < 1.29 is 18.5 Å². The first kappa shape index (κ1) is 18.4. The van der Waals surface area contributed by atoms with Gasteiger partial charge >= 0.3 is 6.03 Å². The minimum Gasteiger partial charge on any atom is -0.344 e. The number of nitrogens with zero attached hydrogens (tertiary/aromatic N) is 2. The summed E-state index contributed by atoms with van der Waals surface area (Å²) in [6.07, 6.45) is 0.585. The van der Waals surface area contributed by atoms with Crippen LogP contribution in [0.25, 0.3) is 0 Å². The van der Waals surface area contributed by atoms with Crippen molar-refractivity contribution in [2.24, 2.45) is 0 Å². The molecule has 9 heteroatoms. The first-order valence-corrected chi connectivity index (χ1v) is 7.83. The molecule has 0 aliphatic rings. The molecule has 0 spiro atoms. The fourth-order valence-corrected chi connectivity index (χ4v) is 2.06. The summed E-state index contributed by atoms with van der Waals surface area (Å²) in [6.45, 7) is 3.58. The summed E-state index contributed by atoms with van der Waals surface area (Å²) in [6, 6.07) is 4.89. The summed E-state index contributed by atoms with van der Waals surface area (Å²) < 4.78 is 17.7. The number of carbonyl (C=O) groups is 2. The molecular weight excluding hydrogens is 329 g/mol. The molecule has 0 bridgehead atoms. The number of rotatable bonds is 7. The number of amides is 3. The first-order chi connectivity index (χ1) is 12.0. The number of nitrogens with one attached hydrogen (secondary N) is 3. The standard InChI is InChI=1S/C16H20FN5O3/c1-3-13(15-20-10(2)25-22-15)21-14(23)9-19-16(24)18-8-11-4-6-12(17)7-5-11/h4-7,13H,3,8-9H2,1-2H3,(H,21,23)(H2,18,19,24)/t13-/m0/s1. The fourth-order valence-electron chi connectivity index (χ4n) is 2.06. The average Bonchev–Trinajstić information content (AvgIpc) is 3.03. The number of benzene rings is 1. The third-order valence-corrected chi connectivity index (χ3v) is 3.37. The lowest BCUT2D eigenvalue weighted by Crippen LogP contribution is -2.42. The Morgan fingerprint density at radius 2 is 1.96 bits per heavy atom. The van der Waals surface area contributed by atoms with E-state index in [0.717, 1.165) is 5.56 Å². The number of urea groups is 1. The molecule has 0 saturated carbocycles. The van der Waals surface area contributed by atoms with Gasteiger partial charge in [-0.3, -0.25) is 4.79 Å². The molecule has 0 saturated heterocycles. The van der Waals surface area contributed by atoms with E-state index in [1.54, 1.807) is 19.1 Å². The number of aryl methyl sites for hydroxylation is 1. The Hall–Kier alpha value is -2.97. The van der Waals surface area contributed by atoms with Crippen LogP contribution in [0.1, 0.15) is 36.7 Å². The van der Waals surface area contributed by atoms with Gasteiger partial charge < -0.3 is 20.5 Å². The zero-order chi connectivity index (χ0) is 18.2. The van der Waals surface area contributed by atoms with Crippen molar-refractivity contribution in [2.75, 3.05) is 6.54 Å². The van der Waals surface area contributed by atoms with E-state index in [-0.39, 0.29) is 30.9 Å². The molecule has 1 heterocycles. The summed E-state index contributed by atoms with van der Waals surface area (Å²) in [4.78, 5) is 27.7. The maximum atomic E-state index is 12.8. The van der Waals surface area contributed by atoms with Crippen LogP contribution < -0.4 is 16.0 Å². The van der Waals surface area contributed by atoms with E-state index in [2.05, 4.69) is 26.1 Å². The van der Waals surface area contributed by atoms with E-state index in [1.165, 1.54) is 12.1 Å². The lowest BCUT2D eigenvalue weighted by molar-refractivity contribution is -0.120. The van der Waals surface area contributed by atoms with Crippen LogP contribution in [0.4, 0.5) is 9.18 Å². The highest BCUT2D eigenvalue weighted by molar-refractivity contribution is 5.84. The highest BCUT2D eigenvalue weighted by atomic mass is 19.1. The Bertz CT molecular complexity index is 717. The molecule has 134 valence electrons. The highest BCUT2D eigenvalue weighted by Gasteiger charge is 2.18. The zero-order valence-electron chi connectivity index (χ0n) is 14.0. The molecule has 2 rings (SSSR count). The van der Waals surface area contributed by atoms with E-state index >= 15 is 0 Å². The maximum absolute atomic E-state index is 12.8. The van der Waals surface area contributed by atoms with Gasteiger partial charge in [0.05, 0.1) is 12.6 Å². The van der Waals surface area contributed by atoms with Crippen molar-refractivity contribution in [3.63, 3.8) is 0 Å². The topological polar surface area (TPSA) is 109 Å². The average molecular weight is 349 g/mol. The SMILES string of the molecule is CC[C@H](NC(=O)CNC(=O)NCc1ccc(F)cc1)c1noc(C)n1. The number of carbonyl (C=O) groups excluding carboxylic acids is 2. The molecule has 0 fully saturated rings. The van der Waals surface area contributed by atoms with E-state index < -0.39 is 6.03 Å². The Balaban J connectivity index is 1.73. The van der Waals surface area contributed by atoms with Gasteiger partial charge in [-0.05, 0) is 24.1 Å². The van der Waals surface area contributed by atoms with Crippen LogP contribution in [0.15, 0.2) is 28.8 Å². The van der Waals surface area contributed by atoms with Gasteiger partial charge in [-0.2, -0.15) is 4.98 Å². The maximum Gasteiger partial charge on any atom is 0.315 e. The van der Waals surface area contributed by atoms with Gasteiger partial charge in [0.1, 0.15) is 5.82 Å². The first-order valence-electron chi connectivity index (χ1n) is 7.83. The largest absolute Gasteiger partial charge is 0.344 e. The van der Waals surface area contributed by atoms with E-state index in [9.17, 15) is 14.0 Å². The Morgan fingerprint density at radius 1 is 1.24 bits per heavy atom. The molecule has 1 aromatic heterocycles. The molecule has 8 nitrogen and oxygen atoms in total. The van der Waals surface area contributed by atoms with Crippen LogP contribution in [-0.4, -0.2) is 28.6 Å². The molecule has 0 aliphatic carbocycles. The van der Waals surface area contributed by atoms with Gasteiger partial charge in [0.25, 0.3) is 0 Å². The molecule has 3 N–H and O–H groups in total. The van der Waals surface area contributed by atoms with E-state index in [4.69, 9.17) is 4.52 Å². The van der Waals surface area contributed by atoms with Crippen molar-refractivity contribution in [3.8, 4) is 0 Å². The lowest BCUT2D eigenvalue weighted by atomic mass is 10.2. The van der Waals surface area contributed by atoms with Crippen LogP contribution in [0, 0.1) is 12.7 Å². The molecular formula is C16H20FN5O3. The molecule has 1 atom stereocenters. The van der Waals surface area contributed by atoms with Gasteiger partial charge in [-0.15, -0.1) is 0 Å². The minimum atomic E-state index is -0.497. The molecule has 3 amide bonds. The highest BCUT2D eigenvalue weighted by Crippen LogP contribution is 2.12. The van der Waals surface area contributed by atoms with Crippen LogP contribution >= 0.6 is 0 Å². The number of hydrogen-bond acceptors (Lipinski definition) is 5. The van der Waals surface area contributed by atoms with Crippen LogP contribution in [0.5, 0.6) is 0 Å². The van der Waals surface area contributed by atoms with E-state index in [0.29, 0.717) is 18.1 Å². The second-order valence-corrected chi connectivity index (χ2v) is 5.36. The smallest absolute Gasteiger partial charge is 0.315 e. The summed E-state index contributed by atoms with van der Waals surface area (Å²) in [7, 11) is 0. The van der Waals surface area contributed by atoms with Crippen molar-refractivity contribution in [1.82, 2.24) is 26.1 Å². The molecule has 0 aliphatic heterocycles. The molecule has 25 heavy (non-hydrogen) atoms.